The molecule has 0 aliphatic heterocycles. The monoisotopic (exact) mass is 344 g/mol. The highest BCUT2D eigenvalue weighted by Crippen LogP contribution is 2.40. The summed E-state index contributed by atoms with van der Waals surface area (Å²) in [4.78, 5) is 21.0. The molecule has 0 aromatic heterocycles. The summed E-state index contributed by atoms with van der Waals surface area (Å²) in [6, 6.07) is 7.02. The first-order chi connectivity index (χ1) is 11.6. The summed E-state index contributed by atoms with van der Waals surface area (Å²) in [5.74, 6) is 0.238. The smallest absolute Gasteiger partial charge is 0.284 e. The molecule has 0 spiro atoms. The van der Waals surface area contributed by atoms with E-state index in [2.05, 4.69) is 0 Å². The molecule has 25 heavy (non-hydrogen) atoms. The number of non-ortho nitro benzene ring substituents is 1. The van der Waals surface area contributed by atoms with Gasteiger partial charge in [-0.25, -0.2) is 0 Å². The van der Waals surface area contributed by atoms with Crippen molar-refractivity contribution in [1.82, 2.24) is 0 Å². The van der Waals surface area contributed by atoms with Gasteiger partial charge >= 0.3 is 0 Å². The Morgan fingerprint density at radius 2 is 1.40 bits per heavy atom. The van der Waals surface area contributed by atoms with Gasteiger partial charge in [-0.2, -0.15) is 0 Å². The molecule has 0 bridgehead atoms. The van der Waals surface area contributed by atoms with Crippen LogP contribution in [0.4, 0.5) is 11.4 Å². The number of nitro groups is 2. The van der Waals surface area contributed by atoms with E-state index in [1.807, 2.05) is 27.7 Å². The maximum absolute atomic E-state index is 11.4. The predicted molar refractivity (Wildman–Crippen MR) is 95.0 cm³/mol. The molecule has 0 aliphatic carbocycles. The van der Waals surface area contributed by atoms with Gasteiger partial charge in [0, 0.05) is 6.07 Å². The van der Waals surface area contributed by atoms with E-state index in [0.29, 0.717) is 22.3 Å². The van der Waals surface area contributed by atoms with E-state index in [9.17, 15) is 25.3 Å². The number of rotatable bonds is 5. The predicted octanol–water partition coefficient (Wildman–Crippen LogP) is 5.12. The summed E-state index contributed by atoms with van der Waals surface area (Å²) in [5, 5.41) is 32.8. The zero-order valence-electron chi connectivity index (χ0n) is 14.5. The van der Waals surface area contributed by atoms with Gasteiger partial charge < -0.3 is 5.11 Å². The number of phenolic OH excluding ortho intramolecular Hbond substituents is 1. The molecule has 0 saturated carbocycles. The van der Waals surface area contributed by atoms with E-state index >= 15 is 0 Å². The Hall–Kier alpha value is -2.96. The van der Waals surface area contributed by atoms with Gasteiger partial charge in [0.2, 0.25) is 0 Å². The standard InChI is InChI=1S/C18H20N2O5/c1-10(2)15-7-12(8-16(11(3)4)18(15)21)14-6-5-13(19(22)23)9-17(14)20(24)25/h5-11,21H,1-4H3. The first-order valence-corrected chi connectivity index (χ1v) is 7.93. The molecule has 7 nitrogen and oxygen atoms in total. The van der Waals surface area contributed by atoms with Crippen LogP contribution in [0, 0.1) is 20.2 Å². The molecule has 0 radical (unpaired) electrons. The van der Waals surface area contributed by atoms with Crippen molar-refractivity contribution in [3.05, 3.63) is 61.7 Å². The molecule has 0 heterocycles. The van der Waals surface area contributed by atoms with Crippen LogP contribution in [-0.2, 0) is 0 Å². The Morgan fingerprint density at radius 3 is 1.80 bits per heavy atom. The van der Waals surface area contributed by atoms with Crippen molar-refractivity contribution in [2.24, 2.45) is 0 Å². The molecule has 2 aromatic carbocycles. The number of benzene rings is 2. The van der Waals surface area contributed by atoms with Gasteiger partial charge in [-0.3, -0.25) is 20.2 Å². The topological polar surface area (TPSA) is 107 Å². The molecule has 2 rings (SSSR count). The van der Waals surface area contributed by atoms with Crippen LogP contribution in [0.3, 0.4) is 0 Å². The van der Waals surface area contributed by atoms with E-state index in [4.69, 9.17) is 0 Å². The van der Waals surface area contributed by atoms with E-state index < -0.39 is 9.85 Å². The quantitative estimate of drug-likeness (QED) is 0.598. The minimum atomic E-state index is -0.660. The van der Waals surface area contributed by atoms with Crippen LogP contribution in [-0.4, -0.2) is 15.0 Å². The molecule has 0 amide bonds. The Bertz CT molecular complexity index is 814. The second-order valence-electron chi connectivity index (χ2n) is 6.53. The number of nitrogens with zero attached hydrogens (tertiary/aromatic N) is 2. The highest BCUT2D eigenvalue weighted by Gasteiger charge is 2.23. The summed E-state index contributed by atoms with van der Waals surface area (Å²) < 4.78 is 0. The lowest BCUT2D eigenvalue weighted by Gasteiger charge is -2.17. The summed E-state index contributed by atoms with van der Waals surface area (Å²) in [6.07, 6.45) is 0. The molecule has 7 heteroatoms. The van der Waals surface area contributed by atoms with Crippen molar-refractivity contribution in [2.45, 2.75) is 39.5 Å². The summed E-state index contributed by atoms with van der Waals surface area (Å²) in [6.45, 7) is 7.70. The van der Waals surface area contributed by atoms with Gasteiger partial charge in [0.05, 0.1) is 21.5 Å². The average molecular weight is 344 g/mol. The summed E-state index contributed by atoms with van der Waals surface area (Å²) >= 11 is 0. The molecule has 0 aliphatic rings. The fourth-order valence-electron chi connectivity index (χ4n) is 2.74. The van der Waals surface area contributed by atoms with Gasteiger partial charge in [-0.1, -0.05) is 27.7 Å². The largest absolute Gasteiger partial charge is 0.507 e. The van der Waals surface area contributed by atoms with Crippen LogP contribution in [0.15, 0.2) is 30.3 Å². The lowest BCUT2D eigenvalue weighted by atomic mass is 9.89. The van der Waals surface area contributed by atoms with E-state index in [1.165, 1.54) is 12.1 Å². The molecular weight excluding hydrogens is 324 g/mol. The lowest BCUT2D eigenvalue weighted by Crippen LogP contribution is -1.99. The Kier molecular flexibility index (Phi) is 5.06. The SMILES string of the molecule is CC(C)c1cc(-c2ccc([N+](=O)[O-])cc2[N+](=O)[O-])cc(C(C)C)c1O. The number of hydrogen-bond acceptors (Lipinski definition) is 5. The van der Waals surface area contributed by atoms with Crippen LogP contribution in [0.2, 0.25) is 0 Å². The van der Waals surface area contributed by atoms with Gasteiger partial charge in [-0.05, 0) is 46.7 Å². The minimum Gasteiger partial charge on any atom is -0.507 e. The van der Waals surface area contributed by atoms with Crippen molar-refractivity contribution in [2.75, 3.05) is 0 Å². The number of phenols is 1. The van der Waals surface area contributed by atoms with Gasteiger partial charge in [0.1, 0.15) is 5.75 Å². The highest BCUT2D eigenvalue weighted by molar-refractivity contribution is 5.77. The van der Waals surface area contributed by atoms with E-state index in [1.54, 1.807) is 12.1 Å². The molecule has 0 atom stereocenters. The van der Waals surface area contributed by atoms with E-state index in [-0.39, 0.29) is 29.0 Å². The molecule has 132 valence electrons. The number of hydrogen-bond donors (Lipinski definition) is 1. The van der Waals surface area contributed by atoms with Crippen LogP contribution in [0.5, 0.6) is 5.75 Å². The first kappa shape index (κ1) is 18.4. The maximum Gasteiger partial charge on any atom is 0.284 e. The van der Waals surface area contributed by atoms with Crippen LogP contribution in [0.25, 0.3) is 11.1 Å². The summed E-state index contributed by atoms with van der Waals surface area (Å²) in [5.41, 5.74) is 1.57. The van der Waals surface area contributed by atoms with Crippen molar-refractivity contribution in [3.63, 3.8) is 0 Å². The lowest BCUT2D eigenvalue weighted by molar-refractivity contribution is -0.393. The van der Waals surface area contributed by atoms with Crippen LogP contribution >= 0.6 is 0 Å². The second-order valence-corrected chi connectivity index (χ2v) is 6.53. The third-order valence-electron chi connectivity index (χ3n) is 4.11. The van der Waals surface area contributed by atoms with Gasteiger partial charge in [-0.15, -0.1) is 0 Å². The van der Waals surface area contributed by atoms with Crippen LogP contribution < -0.4 is 0 Å². The molecular formula is C18H20N2O5. The third-order valence-corrected chi connectivity index (χ3v) is 4.11. The Labute approximate surface area is 145 Å². The third kappa shape index (κ3) is 3.60. The van der Waals surface area contributed by atoms with Crippen molar-refractivity contribution >= 4 is 11.4 Å². The van der Waals surface area contributed by atoms with Gasteiger partial charge in [0.15, 0.2) is 0 Å². The van der Waals surface area contributed by atoms with E-state index in [0.717, 1.165) is 6.07 Å². The van der Waals surface area contributed by atoms with Crippen molar-refractivity contribution in [1.29, 1.82) is 0 Å². The van der Waals surface area contributed by atoms with Crippen molar-refractivity contribution in [3.8, 4) is 16.9 Å². The normalized spacial score (nSPS) is 11.1. The molecule has 0 unspecified atom stereocenters. The minimum absolute atomic E-state index is 0.0227. The second kappa shape index (κ2) is 6.88. The number of nitro benzene ring substituents is 2. The molecule has 2 aromatic rings. The maximum atomic E-state index is 11.4. The Morgan fingerprint density at radius 1 is 0.880 bits per heavy atom. The van der Waals surface area contributed by atoms with Crippen LogP contribution in [0.1, 0.15) is 50.7 Å². The fraction of sp³-hybridized carbons (Fsp3) is 0.333. The van der Waals surface area contributed by atoms with Crippen molar-refractivity contribution < 1.29 is 15.0 Å². The summed E-state index contributed by atoms with van der Waals surface area (Å²) in [7, 11) is 0. The molecule has 1 N–H and O–H groups in total. The zero-order chi connectivity index (χ0) is 18.9. The fourth-order valence-corrected chi connectivity index (χ4v) is 2.74. The highest BCUT2D eigenvalue weighted by atomic mass is 16.6. The Balaban J connectivity index is 2.77. The average Bonchev–Trinajstić information content (AvgIpc) is 2.53. The van der Waals surface area contributed by atoms with Gasteiger partial charge in [0.25, 0.3) is 11.4 Å². The molecule has 0 fully saturated rings. The first-order valence-electron chi connectivity index (χ1n) is 7.93. The molecule has 0 saturated heterocycles. The number of aromatic hydroxyl groups is 1. The zero-order valence-corrected chi connectivity index (χ0v) is 14.5.